The maximum Gasteiger partial charge on any atom is 0.131 e. The Hall–Kier alpha value is -7.03. The van der Waals surface area contributed by atoms with E-state index in [1.54, 1.807) is 6.07 Å². The van der Waals surface area contributed by atoms with Gasteiger partial charge in [0, 0.05) is 21.8 Å². The van der Waals surface area contributed by atoms with E-state index in [0.29, 0.717) is 5.39 Å². The van der Waals surface area contributed by atoms with Crippen molar-refractivity contribution in [1.82, 2.24) is 0 Å². The van der Waals surface area contributed by atoms with Gasteiger partial charge in [-0.1, -0.05) is 176 Å². The van der Waals surface area contributed by atoms with Crippen LogP contribution in [0.4, 0.5) is 21.5 Å². The van der Waals surface area contributed by atoms with Crippen molar-refractivity contribution < 1.29 is 4.39 Å². The van der Waals surface area contributed by atoms with E-state index in [0.717, 1.165) is 38.8 Å². The third-order valence-corrected chi connectivity index (χ3v) is 10.7. The first-order chi connectivity index (χ1) is 26.7. The standard InChI is InChI=1S/C52H34FN/c53-49-32-34-51(48-23-9-7-21-46(48)49)54(50-33-31-45(44-20-6-8-22-47(44)50)43-26-10-16-35-15-4-5-19-40(35)43)39-29-27-37(28-30-39)42-25-12-18-38-17-11-24-41(52(38)42)36-13-2-1-3-14-36/h1-34H. The summed E-state index contributed by atoms with van der Waals surface area (Å²) in [7, 11) is 0. The van der Waals surface area contributed by atoms with Crippen LogP contribution in [-0.4, -0.2) is 0 Å². The summed E-state index contributed by atoms with van der Waals surface area (Å²) in [6.45, 7) is 0. The molecule has 0 aliphatic heterocycles. The van der Waals surface area contributed by atoms with Crippen LogP contribution < -0.4 is 4.90 Å². The molecule has 10 rings (SSSR count). The zero-order valence-electron chi connectivity index (χ0n) is 29.5. The normalized spacial score (nSPS) is 11.4. The van der Waals surface area contributed by atoms with Crippen molar-refractivity contribution in [3.8, 4) is 33.4 Å². The molecule has 0 aliphatic carbocycles. The minimum atomic E-state index is -0.231. The van der Waals surface area contributed by atoms with Gasteiger partial charge in [-0.2, -0.15) is 0 Å². The molecular weight excluding hydrogens is 658 g/mol. The third-order valence-electron chi connectivity index (χ3n) is 10.7. The van der Waals surface area contributed by atoms with Crippen molar-refractivity contribution in [3.05, 3.63) is 212 Å². The van der Waals surface area contributed by atoms with Crippen LogP contribution in [0.25, 0.3) is 76.5 Å². The molecule has 0 aromatic heterocycles. The highest BCUT2D eigenvalue weighted by molar-refractivity contribution is 6.12. The Bertz CT molecular complexity index is 2990. The molecule has 2 heteroatoms. The Morgan fingerprint density at radius 2 is 0.778 bits per heavy atom. The van der Waals surface area contributed by atoms with Gasteiger partial charge in [-0.05, 0) is 90.6 Å². The monoisotopic (exact) mass is 691 g/mol. The van der Waals surface area contributed by atoms with Gasteiger partial charge in [0.05, 0.1) is 11.4 Å². The summed E-state index contributed by atoms with van der Waals surface area (Å²) < 4.78 is 15.4. The highest BCUT2D eigenvalue weighted by Gasteiger charge is 2.21. The molecule has 0 heterocycles. The van der Waals surface area contributed by atoms with Crippen molar-refractivity contribution in [3.63, 3.8) is 0 Å². The highest BCUT2D eigenvalue weighted by Crippen LogP contribution is 2.46. The topological polar surface area (TPSA) is 3.24 Å². The lowest BCUT2D eigenvalue weighted by atomic mass is 9.91. The van der Waals surface area contributed by atoms with Gasteiger partial charge in [0.2, 0.25) is 0 Å². The number of rotatable bonds is 6. The van der Waals surface area contributed by atoms with Crippen LogP contribution in [0.2, 0.25) is 0 Å². The Morgan fingerprint density at radius 1 is 0.296 bits per heavy atom. The molecule has 0 atom stereocenters. The lowest BCUT2D eigenvalue weighted by molar-refractivity contribution is 0.640. The number of anilines is 3. The van der Waals surface area contributed by atoms with E-state index in [1.807, 2.05) is 30.3 Å². The molecule has 0 unspecified atom stereocenters. The van der Waals surface area contributed by atoms with E-state index in [-0.39, 0.29) is 5.82 Å². The van der Waals surface area contributed by atoms with Gasteiger partial charge < -0.3 is 4.90 Å². The van der Waals surface area contributed by atoms with E-state index in [2.05, 4.69) is 175 Å². The molecule has 54 heavy (non-hydrogen) atoms. The summed E-state index contributed by atoms with van der Waals surface area (Å²) in [6, 6.07) is 72.0. The molecule has 0 amide bonds. The van der Waals surface area contributed by atoms with Crippen LogP contribution in [0.1, 0.15) is 0 Å². The van der Waals surface area contributed by atoms with Crippen molar-refractivity contribution in [2.24, 2.45) is 0 Å². The lowest BCUT2D eigenvalue weighted by Crippen LogP contribution is -2.11. The van der Waals surface area contributed by atoms with E-state index in [4.69, 9.17) is 0 Å². The average Bonchev–Trinajstić information content (AvgIpc) is 3.24. The first-order valence-electron chi connectivity index (χ1n) is 18.4. The minimum absolute atomic E-state index is 0.231. The Labute approximate surface area is 313 Å². The second-order valence-corrected chi connectivity index (χ2v) is 13.8. The van der Waals surface area contributed by atoms with Gasteiger partial charge in [0.15, 0.2) is 0 Å². The lowest BCUT2D eigenvalue weighted by Gasteiger charge is -2.29. The second-order valence-electron chi connectivity index (χ2n) is 13.8. The number of halogens is 1. The number of benzene rings is 10. The number of fused-ring (bicyclic) bond motifs is 4. The summed E-state index contributed by atoms with van der Waals surface area (Å²) in [4.78, 5) is 2.29. The SMILES string of the molecule is Fc1ccc(N(c2ccc(-c3cccc4cccc(-c5ccccc5)c34)cc2)c2ccc(-c3cccc4ccccc34)c3ccccc23)c2ccccc12. The number of hydrogen-bond donors (Lipinski definition) is 0. The molecule has 254 valence electrons. The predicted octanol–water partition coefficient (Wildman–Crippen LogP) is 14.9. The Morgan fingerprint density at radius 3 is 1.48 bits per heavy atom. The fourth-order valence-electron chi connectivity index (χ4n) is 8.25. The summed E-state index contributed by atoms with van der Waals surface area (Å²) in [5, 5.41) is 8.59. The van der Waals surface area contributed by atoms with Crippen molar-refractivity contribution in [2.75, 3.05) is 4.90 Å². The summed E-state index contributed by atoms with van der Waals surface area (Å²) in [5.74, 6) is -0.231. The largest absolute Gasteiger partial charge is 0.309 e. The van der Waals surface area contributed by atoms with Gasteiger partial charge in [-0.15, -0.1) is 0 Å². The highest BCUT2D eigenvalue weighted by atomic mass is 19.1. The molecule has 0 spiro atoms. The summed E-state index contributed by atoms with van der Waals surface area (Å²) in [6.07, 6.45) is 0. The zero-order valence-corrected chi connectivity index (χ0v) is 29.5. The maximum atomic E-state index is 15.4. The van der Waals surface area contributed by atoms with E-state index in [1.165, 1.54) is 49.4 Å². The van der Waals surface area contributed by atoms with Crippen LogP contribution in [-0.2, 0) is 0 Å². The molecule has 0 radical (unpaired) electrons. The Balaban J connectivity index is 1.18. The smallest absolute Gasteiger partial charge is 0.131 e. The molecule has 0 saturated heterocycles. The molecule has 0 aliphatic rings. The number of hydrogen-bond acceptors (Lipinski definition) is 1. The van der Waals surface area contributed by atoms with E-state index in [9.17, 15) is 0 Å². The molecule has 0 saturated carbocycles. The van der Waals surface area contributed by atoms with Crippen LogP contribution >= 0.6 is 0 Å². The Kier molecular flexibility index (Phi) is 7.74. The molecular formula is C52H34FN. The van der Waals surface area contributed by atoms with Crippen molar-refractivity contribution in [1.29, 1.82) is 0 Å². The van der Waals surface area contributed by atoms with Crippen molar-refractivity contribution in [2.45, 2.75) is 0 Å². The van der Waals surface area contributed by atoms with Crippen LogP contribution in [0.15, 0.2) is 206 Å². The summed E-state index contributed by atoms with van der Waals surface area (Å²) in [5.41, 5.74) is 10.0. The first-order valence-corrected chi connectivity index (χ1v) is 18.4. The van der Waals surface area contributed by atoms with Crippen LogP contribution in [0, 0.1) is 5.82 Å². The van der Waals surface area contributed by atoms with Crippen LogP contribution in [0.5, 0.6) is 0 Å². The van der Waals surface area contributed by atoms with Gasteiger partial charge in [0.1, 0.15) is 5.82 Å². The maximum absolute atomic E-state index is 15.4. The first kappa shape index (κ1) is 31.7. The summed E-state index contributed by atoms with van der Waals surface area (Å²) >= 11 is 0. The van der Waals surface area contributed by atoms with Gasteiger partial charge in [-0.25, -0.2) is 4.39 Å². The van der Waals surface area contributed by atoms with Gasteiger partial charge in [0.25, 0.3) is 0 Å². The van der Waals surface area contributed by atoms with Crippen molar-refractivity contribution >= 4 is 60.2 Å². The fourth-order valence-corrected chi connectivity index (χ4v) is 8.25. The fraction of sp³-hybridized carbons (Fsp3) is 0. The third kappa shape index (κ3) is 5.31. The molecule has 0 fully saturated rings. The predicted molar refractivity (Wildman–Crippen MR) is 227 cm³/mol. The van der Waals surface area contributed by atoms with Crippen LogP contribution in [0.3, 0.4) is 0 Å². The minimum Gasteiger partial charge on any atom is -0.309 e. The zero-order chi connectivity index (χ0) is 36.0. The molecule has 10 aromatic carbocycles. The second kappa shape index (κ2) is 13.2. The van der Waals surface area contributed by atoms with E-state index >= 15 is 4.39 Å². The number of nitrogens with zero attached hydrogens (tertiary/aromatic N) is 1. The molecule has 1 nitrogen and oxygen atoms in total. The quantitative estimate of drug-likeness (QED) is 0.168. The molecule has 0 N–H and O–H groups in total. The average molecular weight is 692 g/mol. The molecule has 10 aromatic rings. The van der Waals surface area contributed by atoms with Gasteiger partial charge in [-0.3, -0.25) is 0 Å². The van der Waals surface area contributed by atoms with E-state index < -0.39 is 0 Å². The molecule has 0 bridgehead atoms. The van der Waals surface area contributed by atoms with Gasteiger partial charge >= 0.3 is 0 Å².